The zero-order chi connectivity index (χ0) is 13.8. The van der Waals surface area contributed by atoms with Gasteiger partial charge in [0.25, 0.3) is 0 Å². The highest BCUT2D eigenvalue weighted by molar-refractivity contribution is 5.83. The normalized spacial score (nSPS) is 24.8. The molecule has 0 aliphatic carbocycles. The highest BCUT2D eigenvalue weighted by atomic mass is 19.1. The van der Waals surface area contributed by atoms with Crippen molar-refractivity contribution < 1.29 is 9.18 Å². The molecule has 19 heavy (non-hydrogen) atoms. The fourth-order valence-electron chi connectivity index (χ4n) is 2.52. The Morgan fingerprint density at radius 3 is 3.00 bits per heavy atom. The molecule has 1 amide bonds. The van der Waals surface area contributed by atoms with E-state index in [9.17, 15) is 9.18 Å². The summed E-state index contributed by atoms with van der Waals surface area (Å²) in [5.74, 6) is -0.641. The second-order valence-corrected chi connectivity index (χ2v) is 5.36. The lowest BCUT2D eigenvalue weighted by Crippen LogP contribution is -2.47. The van der Waals surface area contributed by atoms with Crippen LogP contribution in [0.25, 0.3) is 0 Å². The molecule has 2 rings (SSSR count). The van der Waals surface area contributed by atoms with Gasteiger partial charge in [-0.05, 0) is 50.9 Å². The lowest BCUT2D eigenvalue weighted by molar-refractivity contribution is -0.123. The maximum Gasteiger partial charge on any atom is 0.227 e. The molecule has 0 aromatic heterocycles. The Kier molecular flexibility index (Phi) is 4.53. The molecule has 1 aromatic rings. The second kappa shape index (κ2) is 6.15. The lowest BCUT2D eigenvalue weighted by atomic mass is 9.97. The van der Waals surface area contributed by atoms with E-state index in [2.05, 4.69) is 17.6 Å². The van der Waals surface area contributed by atoms with Crippen LogP contribution in [0, 0.1) is 5.82 Å². The summed E-state index contributed by atoms with van der Waals surface area (Å²) in [6, 6.07) is 6.90. The van der Waals surface area contributed by atoms with Crippen LogP contribution in [0.15, 0.2) is 24.3 Å². The van der Waals surface area contributed by atoms with Crippen molar-refractivity contribution in [1.29, 1.82) is 0 Å². The zero-order valence-electron chi connectivity index (χ0n) is 11.4. The highest BCUT2D eigenvalue weighted by Crippen LogP contribution is 2.17. The van der Waals surface area contributed by atoms with E-state index in [0.29, 0.717) is 6.04 Å². The first-order chi connectivity index (χ1) is 9.06. The van der Waals surface area contributed by atoms with Crippen LogP contribution in [-0.2, 0) is 4.79 Å². The molecule has 104 valence electrons. The number of nitrogens with one attached hydrogen (secondary N) is 2. The van der Waals surface area contributed by atoms with E-state index in [1.165, 1.54) is 12.1 Å². The van der Waals surface area contributed by atoms with Crippen LogP contribution < -0.4 is 10.6 Å². The summed E-state index contributed by atoms with van der Waals surface area (Å²) < 4.78 is 13.2. The number of halogens is 1. The molecule has 3 atom stereocenters. The van der Waals surface area contributed by atoms with Gasteiger partial charge in [0.15, 0.2) is 0 Å². The van der Waals surface area contributed by atoms with E-state index in [4.69, 9.17) is 0 Å². The van der Waals surface area contributed by atoms with Gasteiger partial charge in [0.05, 0.1) is 5.92 Å². The average molecular weight is 264 g/mol. The van der Waals surface area contributed by atoms with Crippen molar-refractivity contribution in [1.82, 2.24) is 10.6 Å². The lowest BCUT2D eigenvalue weighted by Gasteiger charge is -2.29. The predicted molar refractivity (Wildman–Crippen MR) is 73.4 cm³/mol. The molecular formula is C15H21FN2O. The first-order valence-electron chi connectivity index (χ1n) is 6.85. The number of rotatable bonds is 3. The first-order valence-corrected chi connectivity index (χ1v) is 6.85. The molecule has 1 aromatic carbocycles. The number of piperidine rings is 1. The Bertz CT molecular complexity index is 450. The number of carbonyl (C=O) groups excluding carboxylic acids is 1. The minimum absolute atomic E-state index is 0.0234. The van der Waals surface area contributed by atoms with Crippen LogP contribution in [0.2, 0.25) is 0 Å². The van der Waals surface area contributed by atoms with Crippen molar-refractivity contribution >= 4 is 5.91 Å². The number of hydrogen-bond acceptors (Lipinski definition) is 2. The van der Waals surface area contributed by atoms with Crippen LogP contribution in [0.5, 0.6) is 0 Å². The van der Waals surface area contributed by atoms with Crippen molar-refractivity contribution in [2.24, 2.45) is 0 Å². The van der Waals surface area contributed by atoms with E-state index in [1.54, 1.807) is 12.1 Å². The zero-order valence-corrected chi connectivity index (χ0v) is 11.4. The van der Waals surface area contributed by atoms with Crippen LogP contribution in [0.4, 0.5) is 4.39 Å². The predicted octanol–water partition coefficient (Wildman–Crippen LogP) is 2.19. The van der Waals surface area contributed by atoms with Crippen LogP contribution in [-0.4, -0.2) is 24.5 Å². The molecule has 2 N–H and O–H groups in total. The average Bonchev–Trinajstić information content (AvgIpc) is 2.38. The summed E-state index contributed by atoms with van der Waals surface area (Å²) in [4.78, 5) is 12.2. The number of amides is 1. The van der Waals surface area contributed by atoms with E-state index >= 15 is 0 Å². The summed E-state index contributed by atoms with van der Waals surface area (Å²) >= 11 is 0. The maximum atomic E-state index is 13.2. The number of benzene rings is 1. The van der Waals surface area contributed by atoms with Gasteiger partial charge in [-0.1, -0.05) is 12.1 Å². The summed E-state index contributed by atoms with van der Waals surface area (Å²) in [7, 11) is 0. The largest absolute Gasteiger partial charge is 0.353 e. The van der Waals surface area contributed by atoms with Crippen molar-refractivity contribution in [3.63, 3.8) is 0 Å². The molecular weight excluding hydrogens is 243 g/mol. The minimum Gasteiger partial charge on any atom is -0.353 e. The molecule has 3 unspecified atom stereocenters. The molecule has 1 heterocycles. The van der Waals surface area contributed by atoms with E-state index < -0.39 is 0 Å². The van der Waals surface area contributed by atoms with E-state index in [1.807, 2.05) is 6.92 Å². The molecule has 1 aliphatic rings. The molecule has 1 fully saturated rings. The van der Waals surface area contributed by atoms with E-state index in [0.717, 1.165) is 24.9 Å². The van der Waals surface area contributed by atoms with Gasteiger partial charge in [0.2, 0.25) is 5.91 Å². The van der Waals surface area contributed by atoms with Gasteiger partial charge in [-0.2, -0.15) is 0 Å². The summed E-state index contributed by atoms with van der Waals surface area (Å²) in [6.07, 6.45) is 1.90. The van der Waals surface area contributed by atoms with Gasteiger partial charge < -0.3 is 10.6 Å². The third kappa shape index (κ3) is 3.77. The van der Waals surface area contributed by atoms with Crippen LogP contribution in [0.3, 0.4) is 0 Å². The smallest absolute Gasteiger partial charge is 0.227 e. The molecule has 0 radical (unpaired) electrons. The van der Waals surface area contributed by atoms with Crippen molar-refractivity contribution in [2.75, 3.05) is 6.54 Å². The topological polar surface area (TPSA) is 41.1 Å². The molecule has 3 nitrogen and oxygen atoms in total. The van der Waals surface area contributed by atoms with Gasteiger partial charge in [0.1, 0.15) is 5.82 Å². The van der Waals surface area contributed by atoms with Gasteiger partial charge in [-0.3, -0.25) is 4.79 Å². The van der Waals surface area contributed by atoms with Gasteiger partial charge in [-0.25, -0.2) is 4.39 Å². The number of hydrogen-bond donors (Lipinski definition) is 2. The minimum atomic E-state index is -0.319. The fraction of sp³-hybridized carbons (Fsp3) is 0.533. The summed E-state index contributed by atoms with van der Waals surface area (Å²) in [6.45, 7) is 4.86. The second-order valence-electron chi connectivity index (χ2n) is 5.36. The van der Waals surface area contributed by atoms with Crippen molar-refractivity contribution in [3.05, 3.63) is 35.6 Å². The quantitative estimate of drug-likeness (QED) is 0.878. The molecule has 0 bridgehead atoms. The molecule has 4 heteroatoms. The maximum absolute atomic E-state index is 13.2. The molecule has 0 spiro atoms. The summed E-state index contributed by atoms with van der Waals surface area (Å²) in [5.41, 5.74) is 0.722. The molecule has 1 saturated heterocycles. The fourth-order valence-corrected chi connectivity index (χ4v) is 2.52. The van der Waals surface area contributed by atoms with Crippen LogP contribution in [0.1, 0.15) is 38.2 Å². The Morgan fingerprint density at radius 1 is 1.53 bits per heavy atom. The van der Waals surface area contributed by atoms with Crippen molar-refractivity contribution in [2.45, 2.75) is 44.7 Å². The Balaban J connectivity index is 1.95. The first kappa shape index (κ1) is 14.0. The SMILES string of the molecule is CC1CC(NC(=O)C(C)c2cccc(F)c2)CCN1. The monoisotopic (exact) mass is 264 g/mol. The molecule has 1 aliphatic heterocycles. The molecule has 0 saturated carbocycles. The highest BCUT2D eigenvalue weighted by Gasteiger charge is 2.23. The standard InChI is InChI=1S/C15H21FN2O/c1-10-8-14(6-7-17-10)18-15(19)11(2)12-4-3-5-13(16)9-12/h3-5,9-11,14,17H,6-8H2,1-2H3,(H,18,19). The third-order valence-corrected chi connectivity index (χ3v) is 3.71. The Hall–Kier alpha value is -1.42. The number of carbonyl (C=O) groups is 1. The van der Waals surface area contributed by atoms with Crippen molar-refractivity contribution in [3.8, 4) is 0 Å². The third-order valence-electron chi connectivity index (χ3n) is 3.71. The van der Waals surface area contributed by atoms with Gasteiger partial charge in [-0.15, -0.1) is 0 Å². The Labute approximate surface area is 113 Å². The Morgan fingerprint density at radius 2 is 2.32 bits per heavy atom. The van der Waals surface area contributed by atoms with Crippen LogP contribution >= 0.6 is 0 Å². The van der Waals surface area contributed by atoms with Gasteiger partial charge >= 0.3 is 0 Å². The van der Waals surface area contributed by atoms with Gasteiger partial charge in [0, 0.05) is 12.1 Å². The summed E-state index contributed by atoms with van der Waals surface area (Å²) in [5, 5.41) is 6.42. The van der Waals surface area contributed by atoms with E-state index in [-0.39, 0.29) is 23.7 Å².